The molecule has 2 N–H and O–H groups in total. The quantitative estimate of drug-likeness (QED) is 0.177. The molecule has 1 aliphatic rings. The van der Waals surface area contributed by atoms with E-state index in [2.05, 4.69) is 182 Å². The molecule has 2 atom stereocenters. The molecule has 0 aliphatic carbocycles. The summed E-state index contributed by atoms with van der Waals surface area (Å²) < 4.78 is 3.77. The van der Waals surface area contributed by atoms with Crippen molar-refractivity contribution in [2.24, 2.45) is 0 Å². The highest BCUT2D eigenvalue weighted by atomic mass is 32.1. The third-order valence-corrected chi connectivity index (χ3v) is 11.0. The van der Waals surface area contributed by atoms with E-state index in [0.717, 1.165) is 5.69 Å². The van der Waals surface area contributed by atoms with Crippen molar-refractivity contribution in [3.63, 3.8) is 0 Å². The van der Waals surface area contributed by atoms with Crippen molar-refractivity contribution in [2.45, 2.75) is 39.9 Å². The van der Waals surface area contributed by atoms with Crippen LogP contribution < -0.4 is 10.6 Å². The van der Waals surface area contributed by atoms with E-state index in [0.29, 0.717) is 0 Å². The van der Waals surface area contributed by atoms with Gasteiger partial charge >= 0.3 is 0 Å². The van der Waals surface area contributed by atoms with Gasteiger partial charge in [0.05, 0.1) is 17.1 Å². The molecule has 3 heterocycles. The number of aryl methyl sites for hydroxylation is 1. The number of allylic oxidation sites excluding steroid dienone is 5. The van der Waals surface area contributed by atoms with Crippen LogP contribution in [-0.4, -0.2) is 4.57 Å². The SMILES string of the molecule is C/C=C\C(=C/C)n1c2ccc(C3Nc4ccccc4C(c4ccc(-c5ccccc5)cc4)N3)cc2c2c3sc(/C=C\C)c(C)c3ccc21. The third kappa shape index (κ3) is 5.00. The number of aromatic nitrogens is 1. The number of hydrogen-bond donors (Lipinski definition) is 2. The van der Waals surface area contributed by atoms with Crippen LogP contribution in [0.1, 0.15) is 60.1 Å². The van der Waals surface area contributed by atoms with Crippen molar-refractivity contribution >= 4 is 60.7 Å². The third-order valence-electron chi connectivity index (χ3n) is 9.69. The predicted molar refractivity (Wildman–Crippen MR) is 209 cm³/mol. The fourth-order valence-corrected chi connectivity index (χ4v) is 8.68. The molecule has 0 fully saturated rings. The molecule has 2 aromatic heterocycles. The Morgan fingerprint density at radius 1 is 0.729 bits per heavy atom. The van der Waals surface area contributed by atoms with Crippen molar-refractivity contribution in [1.82, 2.24) is 9.88 Å². The minimum absolute atomic E-state index is 0.0497. The van der Waals surface area contributed by atoms with E-state index in [-0.39, 0.29) is 12.2 Å². The average Bonchev–Trinajstić information content (AvgIpc) is 3.64. The van der Waals surface area contributed by atoms with E-state index in [9.17, 15) is 0 Å². The van der Waals surface area contributed by atoms with Gasteiger partial charge in [-0.2, -0.15) is 0 Å². The van der Waals surface area contributed by atoms with Gasteiger partial charge in [0.15, 0.2) is 0 Å². The van der Waals surface area contributed by atoms with Crippen molar-refractivity contribution in [3.8, 4) is 11.1 Å². The molecule has 0 saturated carbocycles. The van der Waals surface area contributed by atoms with E-state index < -0.39 is 0 Å². The number of hydrogen-bond acceptors (Lipinski definition) is 3. The lowest BCUT2D eigenvalue weighted by atomic mass is 9.92. The zero-order chi connectivity index (χ0) is 32.8. The largest absolute Gasteiger partial charge is 0.366 e. The van der Waals surface area contributed by atoms with E-state index in [1.807, 2.05) is 11.3 Å². The second kappa shape index (κ2) is 12.5. The summed E-state index contributed by atoms with van der Waals surface area (Å²) in [5.41, 5.74) is 12.3. The van der Waals surface area contributed by atoms with Gasteiger partial charge in [-0.05, 0) is 103 Å². The van der Waals surface area contributed by atoms with Crippen LogP contribution in [0.3, 0.4) is 0 Å². The lowest BCUT2D eigenvalue weighted by Gasteiger charge is -2.35. The number of nitrogens with one attached hydrogen (secondary N) is 2. The van der Waals surface area contributed by atoms with Crippen LogP contribution >= 0.6 is 11.3 Å². The van der Waals surface area contributed by atoms with Crippen molar-refractivity contribution in [3.05, 3.63) is 161 Å². The van der Waals surface area contributed by atoms with E-state index in [1.165, 1.54) is 75.8 Å². The van der Waals surface area contributed by atoms with E-state index in [1.54, 1.807) is 0 Å². The average molecular weight is 642 g/mol. The summed E-state index contributed by atoms with van der Waals surface area (Å²) in [6.07, 6.45) is 10.9. The Morgan fingerprint density at radius 2 is 1.46 bits per heavy atom. The molecule has 236 valence electrons. The first-order chi connectivity index (χ1) is 23.6. The molecular weight excluding hydrogens is 603 g/mol. The summed E-state index contributed by atoms with van der Waals surface area (Å²) in [6.45, 7) is 8.56. The van der Waals surface area contributed by atoms with Gasteiger partial charge in [-0.15, -0.1) is 11.3 Å². The van der Waals surface area contributed by atoms with Crippen LogP contribution in [0, 0.1) is 6.92 Å². The van der Waals surface area contributed by atoms with Crippen LogP contribution in [0.25, 0.3) is 54.8 Å². The van der Waals surface area contributed by atoms with Gasteiger partial charge in [0.1, 0.15) is 6.17 Å². The Labute approximate surface area is 286 Å². The molecule has 0 radical (unpaired) electrons. The van der Waals surface area contributed by atoms with Gasteiger partial charge in [0, 0.05) is 31.7 Å². The maximum atomic E-state index is 4.00. The molecule has 4 heteroatoms. The molecule has 48 heavy (non-hydrogen) atoms. The molecule has 0 spiro atoms. The number of anilines is 1. The highest BCUT2D eigenvalue weighted by molar-refractivity contribution is 7.21. The van der Waals surface area contributed by atoms with Crippen molar-refractivity contribution in [2.75, 3.05) is 5.32 Å². The molecular formula is C44H39N3S. The topological polar surface area (TPSA) is 29.0 Å². The van der Waals surface area contributed by atoms with Gasteiger partial charge < -0.3 is 9.88 Å². The van der Waals surface area contributed by atoms with Gasteiger partial charge in [-0.1, -0.05) is 103 Å². The zero-order valence-electron chi connectivity index (χ0n) is 27.8. The summed E-state index contributed by atoms with van der Waals surface area (Å²) in [5.74, 6) is 0. The summed E-state index contributed by atoms with van der Waals surface area (Å²) >= 11 is 1.90. The number of fused-ring (bicyclic) bond motifs is 6. The number of rotatable bonds is 6. The molecule has 0 amide bonds. The van der Waals surface area contributed by atoms with Crippen LogP contribution in [0.15, 0.2) is 133 Å². The fraction of sp³-hybridized carbons (Fsp3) is 0.136. The Balaban J connectivity index is 1.28. The molecule has 5 aromatic carbocycles. The molecule has 7 aromatic rings. The van der Waals surface area contributed by atoms with Crippen molar-refractivity contribution in [1.29, 1.82) is 0 Å². The Bertz CT molecular complexity index is 2390. The number of benzene rings is 5. The Hall–Kier alpha value is -5.16. The molecule has 8 rings (SSSR count). The molecule has 0 bridgehead atoms. The second-order valence-corrected chi connectivity index (χ2v) is 13.6. The standard InChI is InChI=1S/C44H39N3S/c1-5-13-33(7-3)47-38-25-23-32(27-36(38)41-39(47)26-24-34-28(4)40(14-6-2)48-43(34)41)44-45-37-18-12-11-17-35(37)42(46-44)31-21-19-30(20-22-31)29-15-9-8-10-16-29/h5-27,42,44-46H,1-4H3/b13-5-,14-6-,33-7+. The minimum atomic E-state index is -0.0684. The number of nitrogens with zero attached hydrogens (tertiary/aromatic N) is 1. The number of thiophene rings is 1. The van der Waals surface area contributed by atoms with Crippen LogP contribution in [-0.2, 0) is 0 Å². The fourth-order valence-electron chi connectivity index (χ4n) is 7.34. The molecule has 2 unspecified atom stereocenters. The lowest BCUT2D eigenvalue weighted by Crippen LogP contribution is -2.37. The van der Waals surface area contributed by atoms with Gasteiger partial charge in [-0.25, -0.2) is 0 Å². The van der Waals surface area contributed by atoms with Gasteiger partial charge in [-0.3, -0.25) is 5.32 Å². The van der Waals surface area contributed by atoms with Crippen LogP contribution in [0.4, 0.5) is 5.69 Å². The monoisotopic (exact) mass is 641 g/mol. The summed E-state index contributed by atoms with van der Waals surface area (Å²) in [6, 6.07) is 40.0. The zero-order valence-corrected chi connectivity index (χ0v) is 28.6. The highest BCUT2D eigenvalue weighted by Crippen LogP contribution is 2.44. The predicted octanol–water partition coefficient (Wildman–Crippen LogP) is 12.3. The maximum absolute atomic E-state index is 4.00. The lowest BCUT2D eigenvalue weighted by molar-refractivity contribution is 0.506. The van der Waals surface area contributed by atoms with E-state index >= 15 is 0 Å². The summed E-state index contributed by atoms with van der Waals surface area (Å²) in [7, 11) is 0. The normalized spacial score (nSPS) is 16.8. The molecule has 1 aliphatic heterocycles. The van der Waals surface area contributed by atoms with Crippen molar-refractivity contribution < 1.29 is 0 Å². The van der Waals surface area contributed by atoms with Gasteiger partial charge in [0.25, 0.3) is 0 Å². The minimum Gasteiger partial charge on any atom is -0.366 e. The van der Waals surface area contributed by atoms with E-state index in [4.69, 9.17) is 0 Å². The Morgan fingerprint density at radius 3 is 2.23 bits per heavy atom. The van der Waals surface area contributed by atoms with Gasteiger partial charge in [0.2, 0.25) is 0 Å². The second-order valence-electron chi connectivity index (χ2n) is 12.5. The first kappa shape index (κ1) is 30.2. The molecule has 0 saturated heterocycles. The first-order valence-corrected chi connectivity index (χ1v) is 17.6. The smallest absolute Gasteiger partial charge is 0.104 e. The van der Waals surface area contributed by atoms with Crippen LogP contribution in [0.5, 0.6) is 0 Å². The Kier molecular flexibility index (Phi) is 7.84. The number of para-hydroxylation sites is 1. The molecule has 3 nitrogen and oxygen atoms in total. The first-order valence-electron chi connectivity index (χ1n) is 16.8. The summed E-state index contributed by atoms with van der Waals surface area (Å²) in [5, 5.41) is 11.8. The summed E-state index contributed by atoms with van der Waals surface area (Å²) in [4.78, 5) is 1.32. The van der Waals surface area contributed by atoms with Crippen LogP contribution in [0.2, 0.25) is 0 Å². The highest BCUT2D eigenvalue weighted by Gasteiger charge is 2.28. The maximum Gasteiger partial charge on any atom is 0.104 e.